The second-order valence-electron chi connectivity index (χ2n) is 3.41. The van der Waals surface area contributed by atoms with Gasteiger partial charge in [-0.1, -0.05) is 13.8 Å². The van der Waals surface area contributed by atoms with E-state index in [0.717, 1.165) is 13.1 Å². The fourth-order valence-electron chi connectivity index (χ4n) is 1.23. The van der Waals surface area contributed by atoms with Crippen LogP contribution < -0.4 is 5.32 Å². The molecule has 0 saturated heterocycles. The van der Waals surface area contributed by atoms with Gasteiger partial charge in [0.05, 0.1) is 6.54 Å². The van der Waals surface area contributed by atoms with E-state index in [4.69, 9.17) is 0 Å². The molecule has 0 aliphatic rings. The Bertz CT molecular complexity index is 210. The molecule has 15 heavy (non-hydrogen) atoms. The van der Waals surface area contributed by atoms with Crippen LogP contribution in [0.25, 0.3) is 0 Å². The van der Waals surface area contributed by atoms with Gasteiger partial charge in [-0.25, -0.2) is 0 Å². The molecule has 1 amide bonds. The normalized spacial score (nSPS) is 10.0. The quantitative estimate of drug-likeness (QED) is 0.434. The molecule has 0 fully saturated rings. The van der Waals surface area contributed by atoms with E-state index in [1.54, 1.807) is 4.90 Å². The molecule has 0 aliphatic carbocycles. The van der Waals surface area contributed by atoms with Crippen molar-refractivity contribution >= 4 is 19.5 Å². The van der Waals surface area contributed by atoms with Crippen LogP contribution in [-0.2, 0) is 9.59 Å². The largest absolute Gasteiger partial charge is 0.335 e. The average molecular weight is 212 g/mol. The first-order chi connectivity index (χ1) is 7.15. The number of Topliss-reactive ketones (excluding diaryl/α,β-unsaturated/α-hetero) is 1. The van der Waals surface area contributed by atoms with E-state index < -0.39 is 0 Å². The van der Waals surface area contributed by atoms with E-state index in [1.165, 1.54) is 0 Å². The van der Waals surface area contributed by atoms with Crippen molar-refractivity contribution in [1.82, 2.24) is 10.2 Å². The second-order valence-corrected chi connectivity index (χ2v) is 3.41. The number of carbonyl (C=O) groups is 2. The third kappa shape index (κ3) is 6.28. The van der Waals surface area contributed by atoms with Crippen molar-refractivity contribution < 1.29 is 9.59 Å². The summed E-state index contributed by atoms with van der Waals surface area (Å²) in [5.74, 6) is 0.169. The maximum atomic E-state index is 11.5. The van der Waals surface area contributed by atoms with Crippen LogP contribution in [0.5, 0.6) is 0 Å². The lowest BCUT2D eigenvalue weighted by Crippen LogP contribution is -2.39. The number of hydrogen-bond acceptors (Lipinski definition) is 3. The molecule has 0 rings (SSSR count). The van der Waals surface area contributed by atoms with Crippen molar-refractivity contribution in [3.63, 3.8) is 0 Å². The molecule has 0 atom stereocenters. The molecule has 0 unspecified atom stereocenters. The number of ketones is 1. The van der Waals surface area contributed by atoms with Crippen LogP contribution in [0.4, 0.5) is 0 Å². The van der Waals surface area contributed by atoms with Gasteiger partial charge in [-0.05, 0) is 12.9 Å². The van der Waals surface area contributed by atoms with Crippen LogP contribution in [0, 0.1) is 0 Å². The van der Waals surface area contributed by atoms with Gasteiger partial charge in [0.25, 0.3) is 0 Å². The molecule has 86 valence electrons. The van der Waals surface area contributed by atoms with E-state index in [-0.39, 0.29) is 18.2 Å². The fourth-order valence-corrected chi connectivity index (χ4v) is 1.23. The van der Waals surface area contributed by atoms with Crippen molar-refractivity contribution in [1.29, 1.82) is 0 Å². The van der Waals surface area contributed by atoms with Gasteiger partial charge in [-0.15, -0.1) is 0 Å². The van der Waals surface area contributed by atoms with Gasteiger partial charge in [-0.3, -0.25) is 9.59 Å². The second kappa shape index (κ2) is 8.47. The fraction of sp³-hybridized carbons (Fsp3) is 0.800. The SMILES string of the molecule is BCC(=O)N(CCNCC)CC(=O)CC. The van der Waals surface area contributed by atoms with Gasteiger partial charge in [0.2, 0.25) is 5.91 Å². The minimum Gasteiger partial charge on any atom is -0.335 e. The molecule has 5 heteroatoms. The highest BCUT2D eigenvalue weighted by Crippen LogP contribution is 1.95. The monoisotopic (exact) mass is 212 g/mol. The molecule has 0 aromatic carbocycles. The summed E-state index contributed by atoms with van der Waals surface area (Å²) in [5, 5.41) is 3.14. The summed E-state index contributed by atoms with van der Waals surface area (Å²) in [6.07, 6.45) is 0.956. The van der Waals surface area contributed by atoms with Crippen molar-refractivity contribution in [2.45, 2.75) is 26.6 Å². The van der Waals surface area contributed by atoms with Crippen LogP contribution in [-0.4, -0.2) is 50.6 Å². The van der Waals surface area contributed by atoms with Crippen LogP contribution in [0.1, 0.15) is 20.3 Å². The lowest BCUT2D eigenvalue weighted by atomic mass is 10.0. The molecular formula is C10H21BN2O2. The van der Waals surface area contributed by atoms with E-state index in [0.29, 0.717) is 19.3 Å². The van der Waals surface area contributed by atoms with E-state index in [1.807, 2.05) is 21.7 Å². The number of carbonyl (C=O) groups excluding carboxylic acids is 2. The Balaban J connectivity index is 4.06. The maximum absolute atomic E-state index is 11.5. The Morgan fingerprint density at radius 1 is 1.33 bits per heavy atom. The summed E-state index contributed by atoms with van der Waals surface area (Å²) >= 11 is 0. The van der Waals surface area contributed by atoms with Crippen molar-refractivity contribution in [2.24, 2.45) is 0 Å². The molecule has 0 saturated carbocycles. The van der Waals surface area contributed by atoms with Gasteiger partial charge < -0.3 is 10.2 Å². The molecular weight excluding hydrogens is 191 g/mol. The number of amides is 1. The van der Waals surface area contributed by atoms with Crippen LogP contribution >= 0.6 is 0 Å². The molecule has 1 N–H and O–H groups in total. The molecule has 0 aromatic heterocycles. The number of likely N-dealkylation sites (N-methyl/N-ethyl adjacent to an activating group) is 1. The first-order valence-electron chi connectivity index (χ1n) is 5.65. The Morgan fingerprint density at radius 3 is 2.47 bits per heavy atom. The first kappa shape index (κ1) is 14.2. The summed E-state index contributed by atoms with van der Waals surface area (Å²) < 4.78 is 0. The Kier molecular flexibility index (Phi) is 8.00. The third-order valence-corrected chi connectivity index (χ3v) is 2.23. The summed E-state index contributed by atoms with van der Waals surface area (Å²) in [4.78, 5) is 24.4. The average Bonchev–Trinajstić information content (AvgIpc) is 2.26. The van der Waals surface area contributed by atoms with Crippen molar-refractivity contribution in [2.75, 3.05) is 26.2 Å². The van der Waals surface area contributed by atoms with E-state index in [2.05, 4.69) is 5.32 Å². The summed E-state index contributed by atoms with van der Waals surface area (Å²) in [5.41, 5.74) is 0. The van der Waals surface area contributed by atoms with E-state index in [9.17, 15) is 9.59 Å². The third-order valence-electron chi connectivity index (χ3n) is 2.23. The van der Waals surface area contributed by atoms with E-state index >= 15 is 0 Å². The lowest BCUT2D eigenvalue weighted by molar-refractivity contribution is -0.133. The minimum absolute atomic E-state index is 0.0507. The molecule has 4 nitrogen and oxygen atoms in total. The van der Waals surface area contributed by atoms with Crippen molar-refractivity contribution in [3.05, 3.63) is 0 Å². The Morgan fingerprint density at radius 2 is 2.00 bits per heavy atom. The Hall–Kier alpha value is -0.835. The molecule has 0 aromatic rings. The standard InChI is InChI=1S/C10H21BN2O2/c1-3-9(14)8-13(10(15)7-11)6-5-12-4-2/h12H,3-8,11H2,1-2H3. The van der Waals surface area contributed by atoms with Gasteiger partial charge in [-0.2, -0.15) is 0 Å². The van der Waals surface area contributed by atoms with Gasteiger partial charge in [0, 0.05) is 19.5 Å². The number of rotatable bonds is 8. The number of nitrogens with zero attached hydrogens (tertiary/aromatic N) is 1. The van der Waals surface area contributed by atoms with Gasteiger partial charge >= 0.3 is 0 Å². The summed E-state index contributed by atoms with van der Waals surface area (Å²) in [6.45, 7) is 6.35. The van der Waals surface area contributed by atoms with Gasteiger partial charge in [0.15, 0.2) is 5.78 Å². The number of hydrogen-bond donors (Lipinski definition) is 1. The van der Waals surface area contributed by atoms with Crippen LogP contribution in [0.2, 0.25) is 6.32 Å². The van der Waals surface area contributed by atoms with Crippen LogP contribution in [0.3, 0.4) is 0 Å². The lowest BCUT2D eigenvalue weighted by Gasteiger charge is -2.21. The molecule has 0 aliphatic heterocycles. The first-order valence-corrected chi connectivity index (χ1v) is 5.65. The minimum atomic E-state index is 0.0507. The Labute approximate surface area is 92.8 Å². The molecule has 0 bridgehead atoms. The molecule has 0 spiro atoms. The van der Waals surface area contributed by atoms with Gasteiger partial charge in [0.1, 0.15) is 7.85 Å². The predicted octanol–water partition coefficient (Wildman–Crippen LogP) is -0.545. The highest BCUT2D eigenvalue weighted by Gasteiger charge is 2.13. The zero-order chi connectivity index (χ0) is 11.7. The smallest absolute Gasteiger partial charge is 0.215 e. The summed E-state index contributed by atoms with van der Waals surface area (Å²) in [6, 6.07) is 0. The zero-order valence-corrected chi connectivity index (χ0v) is 10.0. The molecule has 0 heterocycles. The summed E-state index contributed by atoms with van der Waals surface area (Å²) in [7, 11) is 1.82. The topological polar surface area (TPSA) is 49.4 Å². The zero-order valence-electron chi connectivity index (χ0n) is 10.0. The van der Waals surface area contributed by atoms with Crippen molar-refractivity contribution in [3.8, 4) is 0 Å². The predicted molar refractivity (Wildman–Crippen MR) is 63.8 cm³/mol. The van der Waals surface area contributed by atoms with Crippen LogP contribution in [0.15, 0.2) is 0 Å². The number of nitrogens with one attached hydrogen (secondary N) is 1. The highest BCUT2D eigenvalue weighted by atomic mass is 16.2. The molecule has 0 radical (unpaired) electrons. The maximum Gasteiger partial charge on any atom is 0.215 e. The highest BCUT2D eigenvalue weighted by molar-refractivity contribution is 6.19.